The summed E-state index contributed by atoms with van der Waals surface area (Å²) < 4.78 is 1.11. The first kappa shape index (κ1) is 10.9. The highest BCUT2D eigenvalue weighted by Gasteiger charge is 2.28. The average Bonchev–Trinajstić information content (AvgIpc) is 2.58. The van der Waals surface area contributed by atoms with E-state index in [1.165, 1.54) is 11.1 Å². The molecule has 1 atom stereocenters. The summed E-state index contributed by atoms with van der Waals surface area (Å²) in [5, 5.41) is 0. The van der Waals surface area contributed by atoms with E-state index < -0.39 is 0 Å². The molecule has 0 aromatic heterocycles. The molecule has 0 fully saturated rings. The maximum atomic E-state index is 11.9. The molecule has 1 aliphatic rings. The number of carbonyl (C=O) groups is 1. The van der Waals surface area contributed by atoms with Crippen molar-refractivity contribution in [2.75, 3.05) is 0 Å². The highest BCUT2D eigenvalue weighted by atomic mass is 79.9. The second-order valence-electron chi connectivity index (χ2n) is 4.58. The average molecular weight is 267 g/mol. The van der Waals surface area contributed by atoms with Crippen LogP contribution in [0.15, 0.2) is 22.7 Å². The van der Waals surface area contributed by atoms with Crippen LogP contribution in [0.1, 0.15) is 25.0 Å². The van der Waals surface area contributed by atoms with Crippen LogP contribution in [-0.4, -0.2) is 5.78 Å². The van der Waals surface area contributed by atoms with Gasteiger partial charge in [0.15, 0.2) is 0 Å². The van der Waals surface area contributed by atoms with Crippen LogP contribution in [0.2, 0.25) is 0 Å². The molecule has 0 bridgehead atoms. The molecule has 1 aromatic carbocycles. The highest BCUT2D eigenvalue weighted by molar-refractivity contribution is 9.10. The Morgan fingerprint density at radius 1 is 1.33 bits per heavy atom. The molecule has 2 heteroatoms. The van der Waals surface area contributed by atoms with Crippen LogP contribution in [0.4, 0.5) is 0 Å². The van der Waals surface area contributed by atoms with E-state index in [4.69, 9.17) is 0 Å². The zero-order valence-corrected chi connectivity index (χ0v) is 10.7. The van der Waals surface area contributed by atoms with Gasteiger partial charge in [0.05, 0.1) is 0 Å². The number of Topliss-reactive ketones (excluding diaryl/α,β-unsaturated/α-hetero) is 1. The van der Waals surface area contributed by atoms with Gasteiger partial charge >= 0.3 is 0 Å². The smallest absolute Gasteiger partial charge is 0.139 e. The van der Waals surface area contributed by atoms with Crippen molar-refractivity contribution in [1.82, 2.24) is 0 Å². The second-order valence-corrected chi connectivity index (χ2v) is 5.49. The van der Waals surface area contributed by atoms with Crippen LogP contribution in [0.25, 0.3) is 0 Å². The third-order valence-corrected chi connectivity index (χ3v) is 3.57. The van der Waals surface area contributed by atoms with Crippen LogP contribution in [-0.2, 0) is 17.6 Å². The lowest BCUT2D eigenvalue weighted by Gasteiger charge is -2.10. The first-order valence-corrected chi connectivity index (χ1v) is 6.18. The summed E-state index contributed by atoms with van der Waals surface area (Å²) >= 11 is 3.47. The molecule has 0 saturated heterocycles. The Hall–Kier alpha value is -0.630. The number of fused-ring (bicyclic) bond motifs is 1. The largest absolute Gasteiger partial charge is 0.299 e. The summed E-state index contributed by atoms with van der Waals surface area (Å²) in [5.41, 5.74) is 2.68. The van der Waals surface area contributed by atoms with Gasteiger partial charge in [0.25, 0.3) is 0 Å². The molecular weight excluding hydrogens is 252 g/mol. The number of hydrogen-bond acceptors (Lipinski definition) is 1. The van der Waals surface area contributed by atoms with Crippen LogP contribution in [0.5, 0.6) is 0 Å². The van der Waals surface area contributed by atoms with E-state index in [-0.39, 0.29) is 11.8 Å². The summed E-state index contributed by atoms with van der Waals surface area (Å²) in [6, 6.07) is 6.33. The first-order valence-electron chi connectivity index (χ1n) is 5.39. The Morgan fingerprint density at radius 2 is 2.00 bits per heavy atom. The van der Waals surface area contributed by atoms with Gasteiger partial charge in [0.1, 0.15) is 5.78 Å². The minimum absolute atomic E-state index is 0.160. The topological polar surface area (TPSA) is 17.1 Å². The number of rotatable bonds is 2. The zero-order valence-electron chi connectivity index (χ0n) is 9.09. The van der Waals surface area contributed by atoms with Gasteiger partial charge in [0.2, 0.25) is 0 Å². The van der Waals surface area contributed by atoms with E-state index in [9.17, 15) is 4.79 Å². The van der Waals surface area contributed by atoms with Crippen molar-refractivity contribution < 1.29 is 4.79 Å². The molecule has 0 spiro atoms. The summed E-state index contributed by atoms with van der Waals surface area (Å²) in [6.07, 6.45) is 1.85. The molecule has 1 aromatic rings. The van der Waals surface area contributed by atoms with Gasteiger partial charge in [0, 0.05) is 16.3 Å². The third kappa shape index (κ3) is 2.15. The Kier molecular flexibility index (Phi) is 2.96. The van der Waals surface area contributed by atoms with Crippen molar-refractivity contribution in [2.24, 2.45) is 11.8 Å². The molecule has 0 amide bonds. The standard InChI is InChI=1S/C13H15BrO/c1-8(2)13(15)11-5-9-3-4-12(14)7-10(9)6-11/h3-4,7-8,11H,5-6H2,1-2H3. The summed E-state index contributed by atoms with van der Waals surface area (Å²) in [4.78, 5) is 11.9. The van der Waals surface area contributed by atoms with Crippen molar-refractivity contribution in [2.45, 2.75) is 26.7 Å². The number of hydrogen-bond donors (Lipinski definition) is 0. The Labute approximate surface area is 99.0 Å². The maximum Gasteiger partial charge on any atom is 0.139 e. The molecule has 1 nitrogen and oxygen atoms in total. The lowest BCUT2D eigenvalue weighted by atomic mass is 9.93. The van der Waals surface area contributed by atoms with Gasteiger partial charge in [-0.2, -0.15) is 0 Å². The van der Waals surface area contributed by atoms with E-state index in [1.54, 1.807) is 0 Å². The lowest BCUT2D eigenvalue weighted by molar-refractivity contribution is -0.125. The molecular formula is C13H15BrO. The van der Waals surface area contributed by atoms with Crippen LogP contribution < -0.4 is 0 Å². The van der Waals surface area contributed by atoms with E-state index in [1.807, 2.05) is 13.8 Å². The monoisotopic (exact) mass is 266 g/mol. The maximum absolute atomic E-state index is 11.9. The molecule has 1 aliphatic carbocycles. The van der Waals surface area contributed by atoms with Crippen molar-refractivity contribution in [3.8, 4) is 0 Å². The Bertz CT molecular complexity index is 396. The third-order valence-electron chi connectivity index (χ3n) is 3.07. The molecule has 0 N–H and O–H groups in total. The van der Waals surface area contributed by atoms with Crippen molar-refractivity contribution >= 4 is 21.7 Å². The Morgan fingerprint density at radius 3 is 2.67 bits per heavy atom. The normalized spacial score (nSPS) is 19.3. The van der Waals surface area contributed by atoms with Gasteiger partial charge < -0.3 is 0 Å². The minimum atomic E-state index is 0.160. The van der Waals surface area contributed by atoms with Crippen LogP contribution in [0, 0.1) is 11.8 Å². The van der Waals surface area contributed by atoms with Crippen LogP contribution in [0.3, 0.4) is 0 Å². The molecule has 0 aliphatic heterocycles. The first-order chi connectivity index (χ1) is 7.08. The van der Waals surface area contributed by atoms with E-state index >= 15 is 0 Å². The molecule has 80 valence electrons. The zero-order chi connectivity index (χ0) is 11.0. The SMILES string of the molecule is CC(C)C(=O)C1Cc2ccc(Br)cc2C1. The molecule has 1 unspecified atom stereocenters. The van der Waals surface area contributed by atoms with Crippen molar-refractivity contribution in [1.29, 1.82) is 0 Å². The van der Waals surface area contributed by atoms with Crippen molar-refractivity contribution in [3.05, 3.63) is 33.8 Å². The van der Waals surface area contributed by atoms with Gasteiger partial charge in [-0.15, -0.1) is 0 Å². The minimum Gasteiger partial charge on any atom is -0.299 e. The van der Waals surface area contributed by atoms with Gasteiger partial charge in [-0.05, 0) is 36.1 Å². The lowest BCUT2D eigenvalue weighted by Crippen LogP contribution is -2.19. The van der Waals surface area contributed by atoms with E-state index in [2.05, 4.69) is 34.1 Å². The summed E-state index contributed by atoms with van der Waals surface area (Å²) in [5.74, 6) is 0.782. The van der Waals surface area contributed by atoms with Gasteiger partial charge in [-0.25, -0.2) is 0 Å². The van der Waals surface area contributed by atoms with E-state index in [0.29, 0.717) is 5.78 Å². The predicted octanol–water partition coefficient (Wildman–Crippen LogP) is 3.39. The fourth-order valence-electron chi connectivity index (χ4n) is 2.26. The Balaban J connectivity index is 2.19. The number of carbonyl (C=O) groups excluding carboxylic acids is 1. The number of benzene rings is 1. The molecule has 15 heavy (non-hydrogen) atoms. The highest BCUT2D eigenvalue weighted by Crippen LogP contribution is 2.30. The summed E-state index contributed by atoms with van der Waals surface area (Å²) in [7, 11) is 0. The quantitative estimate of drug-likeness (QED) is 0.802. The number of ketones is 1. The van der Waals surface area contributed by atoms with Crippen LogP contribution >= 0.6 is 15.9 Å². The molecule has 2 rings (SSSR count). The fraction of sp³-hybridized carbons (Fsp3) is 0.462. The molecule has 0 heterocycles. The fourth-order valence-corrected chi connectivity index (χ4v) is 2.67. The number of halogens is 1. The predicted molar refractivity (Wildman–Crippen MR) is 64.9 cm³/mol. The van der Waals surface area contributed by atoms with Gasteiger partial charge in [-0.1, -0.05) is 35.8 Å². The molecule has 0 radical (unpaired) electrons. The van der Waals surface area contributed by atoms with Gasteiger partial charge in [-0.3, -0.25) is 4.79 Å². The summed E-state index contributed by atoms with van der Waals surface area (Å²) in [6.45, 7) is 3.97. The molecule has 0 saturated carbocycles. The van der Waals surface area contributed by atoms with E-state index in [0.717, 1.165) is 17.3 Å². The van der Waals surface area contributed by atoms with Crippen molar-refractivity contribution in [3.63, 3.8) is 0 Å². The second kappa shape index (κ2) is 4.09.